The van der Waals surface area contributed by atoms with Gasteiger partial charge in [0.1, 0.15) is 12.9 Å². The second-order valence-electron chi connectivity index (χ2n) is 8.21. The number of aryl methyl sites for hydroxylation is 2. The number of hydrogen-bond donors (Lipinski definition) is 0. The van der Waals surface area contributed by atoms with Crippen molar-refractivity contribution in [3.05, 3.63) is 89.4 Å². The summed E-state index contributed by atoms with van der Waals surface area (Å²) in [4.78, 5) is 0. The molecule has 1 heterocycles. The van der Waals surface area contributed by atoms with Crippen molar-refractivity contribution in [1.82, 2.24) is 0 Å². The van der Waals surface area contributed by atoms with Crippen LogP contribution in [-0.4, -0.2) is 0 Å². The zero-order valence-corrected chi connectivity index (χ0v) is 17.8. The maximum absolute atomic E-state index is 14.9. The highest BCUT2D eigenvalue weighted by Crippen LogP contribution is 2.35. The summed E-state index contributed by atoms with van der Waals surface area (Å²) in [6.07, 6.45) is 0. The van der Waals surface area contributed by atoms with Gasteiger partial charge in [-0.25, -0.2) is 4.39 Å². The van der Waals surface area contributed by atoms with E-state index in [9.17, 15) is 4.39 Å². The topological polar surface area (TPSA) is 3.88 Å². The molecule has 0 spiro atoms. The van der Waals surface area contributed by atoms with Crippen molar-refractivity contribution >= 4 is 10.8 Å². The summed E-state index contributed by atoms with van der Waals surface area (Å²) in [5.41, 5.74) is 7.18. The minimum Gasteiger partial charge on any atom is -0.206 e. The average molecular weight is 385 g/mol. The maximum Gasteiger partial charge on any atom is 0.220 e. The molecule has 3 aromatic carbocycles. The molecular formula is C27H27FN+. The van der Waals surface area contributed by atoms with Crippen LogP contribution in [0.3, 0.4) is 0 Å². The molecule has 0 unspecified atom stereocenters. The van der Waals surface area contributed by atoms with Gasteiger partial charge >= 0.3 is 0 Å². The lowest BCUT2D eigenvalue weighted by molar-refractivity contribution is -0.665. The maximum atomic E-state index is 14.9. The first-order valence-corrected chi connectivity index (χ1v) is 10.2. The Kier molecular flexibility index (Phi) is 4.96. The fourth-order valence-corrected chi connectivity index (χ4v) is 4.04. The molecule has 0 amide bonds. The third-order valence-electron chi connectivity index (χ3n) is 5.88. The van der Waals surface area contributed by atoms with Crippen molar-refractivity contribution in [1.29, 1.82) is 0 Å². The number of pyridine rings is 1. The first-order valence-electron chi connectivity index (χ1n) is 10.2. The van der Waals surface area contributed by atoms with E-state index in [1.165, 1.54) is 22.0 Å². The zero-order valence-electron chi connectivity index (χ0n) is 17.8. The minimum atomic E-state index is -0.181. The normalized spacial score (nSPS) is 11.4. The average Bonchev–Trinajstić information content (AvgIpc) is 2.70. The Labute approximate surface area is 172 Å². The van der Waals surface area contributed by atoms with Crippen LogP contribution >= 0.6 is 0 Å². The van der Waals surface area contributed by atoms with Gasteiger partial charge in [-0.2, -0.15) is 4.57 Å². The first-order chi connectivity index (χ1) is 13.9. The highest BCUT2D eigenvalue weighted by atomic mass is 19.1. The largest absolute Gasteiger partial charge is 0.220 e. The van der Waals surface area contributed by atoms with Gasteiger partial charge in [0.25, 0.3) is 0 Å². The highest BCUT2D eigenvalue weighted by Gasteiger charge is 2.22. The fourth-order valence-electron chi connectivity index (χ4n) is 4.04. The van der Waals surface area contributed by atoms with Crippen LogP contribution < -0.4 is 4.57 Å². The quantitative estimate of drug-likeness (QED) is 0.339. The van der Waals surface area contributed by atoms with E-state index in [4.69, 9.17) is 0 Å². The van der Waals surface area contributed by atoms with E-state index < -0.39 is 0 Å². The van der Waals surface area contributed by atoms with Gasteiger partial charge in [-0.05, 0) is 53.1 Å². The van der Waals surface area contributed by atoms with Gasteiger partial charge in [-0.3, -0.25) is 0 Å². The van der Waals surface area contributed by atoms with E-state index in [1.54, 1.807) is 6.07 Å². The van der Waals surface area contributed by atoms with Gasteiger partial charge in [0.05, 0.1) is 10.9 Å². The van der Waals surface area contributed by atoms with E-state index in [0.29, 0.717) is 11.5 Å². The van der Waals surface area contributed by atoms with E-state index in [1.807, 2.05) is 43.3 Å². The van der Waals surface area contributed by atoms with E-state index in [-0.39, 0.29) is 5.82 Å². The Morgan fingerprint density at radius 2 is 1.55 bits per heavy atom. The number of halogens is 1. The molecule has 0 aliphatic rings. The summed E-state index contributed by atoms with van der Waals surface area (Å²) in [5.74, 6) is 0.271. The summed E-state index contributed by atoms with van der Waals surface area (Å²) in [6.45, 7) is 8.54. The van der Waals surface area contributed by atoms with Crippen LogP contribution in [0.5, 0.6) is 0 Å². The molecule has 4 aromatic rings. The Morgan fingerprint density at radius 3 is 2.24 bits per heavy atom. The second kappa shape index (κ2) is 7.44. The molecule has 0 aliphatic heterocycles. The standard InChI is InChI=1S/C27H27FN/c1-17(2)21-11-12-22-14-19(4)29(5)27(25(22)15-21)23-16-24(26(28)13-18(23)3)20-9-7-6-8-10-20/h6-17H,1-5H3/q+1. The van der Waals surface area contributed by atoms with Crippen molar-refractivity contribution in [2.75, 3.05) is 0 Å². The van der Waals surface area contributed by atoms with Crippen LogP contribution in [0.15, 0.2) is 66.7 Å². The molecule has 0 bridgehead atoms. The van der Waals surface area contributed by atoms with Gasteiger partial charge in [0, 0.05) is 18.6 Å². The van der Waals surface area contributed by atoms with Gasteiger partial charge in [0.15, 0.2) is 5.69 Å². The van der Waals surface area contributed by atoms with E-state index >= 15 is 0 Å². The molecule has 1 nitrogen and oxygen atoms in total. The number of aromatic nitrogens is 1. The molecule has 0 radical (unpaired) electrons. The number of nitrogens with zero attached hydrogens (tertiary/aromatic N) is 1. The molecule has 0 fully saturated rings. The molecule has 0 atom stereocenters. The molecule has 1 aromatic heterocycles. The lowest BCUT2D eigenvalue weighted by atomic mass is 9.92. The molecule has 0 aliphatic carbocycles. The second-order valence-corrected chi connectivity index (χ2v) is 8.21. The zero-order chi connectivity index (χ0) is 20.7. The van der Waals surface area contributed by atoms with Crippen molar-refractivity contribution in [2.45, 2.75) is 33.6 Å². The molecule has 4 rings (SSSR count). The summed E-state index contributed by atoms with van der Waals surface area (Å²) in [6, 6.07) is 22.4. The predicted molar refractivity (Wildman–Crippen MR) is 120 cm³/mol. The van der Waals surface area contributed by atoms with Crippen LogP contribution in [0.2, 0.25) is 0 Å². The van der Waals surface area contributed by atoms with Crippen molar-refractivity contribution < 1.29 is 8.96 Å². The minimum absolute atomic E-state index is 0.181. The molecule has 0 saturated carbocycles. The molecule has 29 heavy (non-hydrogen) atoms. The van der Waals surface area contributed by atoms with Crippen LogP contribution in [0.25, 0.3) is 33.2 Å². The van der Waals surface area contributed by atoms with E-state index in [2.05, 4.69) is 56.7 Å². The smallest absolute Gasteiger partial charge is 0.206 e. The summed E-state index contributed by atoms with van der Waals surface area (Å²) in [5, 5.41) is 2.42. The third-order valence-corrected chi connectivity index (χ3v) is 5.88. The fraction of sp³-hybridized carbons (Fsp3) is 0.222. The number of fused-ring (bicyclic) bond motifs is 1. The van der Waals surface area contributed by atoms with Crippen molar-refractivity contribution in [2.24, 2.45) is 7.05 Å². The number of benzene rings is 3. The Bertz CT molecular complexity index is 1210. The predicted octanol–water partition coefficient (Wildman–Crippen LogP) is 6.88. The Balaban J connectivity index is 2.06. The summed E-state index contributed by atoms with van der Waals surface area (Å²) in [7, 11) is 2.09. The van der Waals surface area contributed by atoms with Crippen LogP contribution in [0.1, 0.15) is 36.6 Å². The van der Waals surface area contributed by atoms with Gasteiger partial charge in [-0.15, -0.1) is 0 Å². The monoisotopic (exact) mass is 384 g/mol. The van der Waals surface area contributed by atoms with Gasteiger partial charge in [0.2, 0.25) is 5.69 Å². The van der Waals surface area contributed by atoms with E-state index in [0.717, 1.165) is 22.4 Å². The molecular weight excluding hydrogens is 357 g/mol. The van der Waals surface area contributed by atoms with Gasteiger partial charge < -0.3 is 0 Å². The number of hydrogen-bond acceptors (Lipinski definition) is 0. The van der Waals surface area contributed by atoms with Crippen molar-refractivity contribution in [3.8, 4) is 22.4 Å². The van der Waals surface area contributed by atoms with Crippen LogP contribution in [0, 0.1) is 19.7 Å². The molecule has 0 N–H and O–H groups in total. The Morgan fingerprint density at radius 1 is 0.828 bits per heavy atom. The lowest BCUT2D eigenvalue weighted by Crippen LogP contribution is -2.35. The SMILES string of the molecule is Cc1cc(F)c(-c2ccccc2)cc1-c1c2cc(C(C)C)ccc2cc(C)[n+]1C. The molecule has 0 saturated heterocycles. The molecule has 146 valence electrons. The summed E-state index contributed by atoms with van der Waals surface area (Å²) >= 11 is 0. The lowest BCUT2D eigenvalue weighted by Gasteiger charge is -2.14. The number of rotatable bonds is 3. The van der Waals surface area contributed by atoms with Crippen LogP contribution in [-0.2, 0) is 7.05 Å². The third kappa shape index (κ3) is 3.44. The highest BCUT2D eigenvalue weighted by molar-refractivity contribution is 5.95. The van der Waals surface area contributed by atoms with Crippen molar-refractivity contribution in [3.63, 3.8) is 0 Å². The van der Waals surface area contributed by atoms with Gasteiger partial charge in [-0.1, -0.05) is 56.3 Å². The van der Waals surface area contributed by atoms with Crippen LogP contribution in [0.4, 0.5) is 4.39 Å². The Hall–Kier alpha value is -3.00. The first kappa shape index (κ1) is 19.3. The summed E-state index contributed by atoms with van der Waals surface area (Å²) < 4.78 is 17.1. The molecule has 2 heteroatoms.